The van der Waals surface area contributed by atoms with Crippen LogP contribution in [0.25, 0.3) is 11.1 Å². The molecule has 0 fully saturated rings. The molecule has 2 N–H and O–H groups in total. The summed E-state index contributed by atoms with van der Waals surface area (Å²) >= 11 is 0. The summed E-state index contributed by atoms with van der Waals surface area (Å²) in [5.41, 5.74) is 6.11. The van der Waals surface area contributed by atoms with Crippen LogP contribution in [0, 0.1) is 0 Å². The number of hydrogen-bond acceptors (Lipinski definition) is 3. The lowest BCUT2D eigenvalue weighted by atomic mass is 9.98. The molecule has 1 amide bonds. The van der Waals surface area contributed by atoms with Crippen molar-refractivity contribution in [3.05, 3.63) is 89.5 Å². The monoisotopic (exact) mass is 345 g/mol. The van der Waals surface area contributed by atoms with Crippen LogP contribution in [-0.2, 0) is 11.3 Å². The molecule has 0 radical (unpaired) electrons. The number of carbonyl (C=O) groups is 1. The lowest BCUT2D eigenvalue weighted by Crippen LogP contribution is -2.18. The quantitative estimate of drug-likeness (QED) is 0.730. The predicted octanol–water partition coefficient (Wildman–Crippen LogP) is 4.54. The average molecular weight is 345 g/mol. The summed E-state index contributed by atoms with van der Waals surface area (Å²) in [4.78, 5) is 12.2. The fraction of sp³-hybridized carbons (Fsp3) is 0.136. The molecule has 4 rings (SSSR count). The third-order valence-corrected chi connectivity index (χ3v) is 4.70. The minimum Gasteiger partial charge on any atom is -0.448 e. The molecule has 1 aliphatic carbocycles. The van der Waals surface area contributed by atoms with Crippen LogP contribution in [0.2, 0.25) is 0 Å². The Morgan fingerprint density at radius 3 is 2.23 bits per heavy atom. The van der Waals surface area contributed by atoms with E-state index in [0.29, 0.717) is 5.69 Å². The minimum atomic E-state index is -0.498. The van der Waals surface area contributed by atoms with Crippen LogP contribution in [0.5, 0.6) is 0 Å². The van der Waals surface area contributed by atoms with E-state index in [1.54, 1.807) is 24.3 Å². The van der Waals surface area contributed by atoms with Crippen LogP contribution in [0.4, 0.5) is 10.5 Å². The third-order valence-electron chi connectivity index (χ3n) is 4.70. The zero-order chi connectivity index (χ0) is 17.9. The number of ether oxygens (including phenoxy) is 1. The molecule has 0 heterocycles. The maximum Gasteiger partial charge on any atom is 0.411 e. The van der Waals surface area contributed by atoms with E-state index in [1.807, 2.05) is 24.3 Å². The molecule has 0 saturated carbocycles. The van der Waals surface area contributed by atoms with Gasteiger partial charge in [0.15, 0.2) is 0 Å². The van der Waals surface area contributed by atoms with Crippen molar-refractivity contribution in [2.24, 2.45) is 0 Å². The Morgan fingerprint density at radius 2 is 1.58 bits per heavy atom. The molecule has 0 saturated heterocycles. The highest BCUT2D eigenvalue weighted by atomic mass is 16.5. The maximum atomic E-state index is 12.2. The summed E-state index contributed by atoms with van der Waals surface area (Å²) in [7, 11) is 0. The molecule has 26 heavy (non-hydrogen) atoms. The van der Waals surface area contributed by atoms with Gasteiger partial charge in [0.2, 0.25) is 0 Å². The van der Waals surface area contributed by atoms with Crippen molar-refractivity contribution < 1.29 is 14.6 Å². The van der Waals surface area contributed by atoms with Crippen LogP contribution < -0.4 is 5.32 Å². The normalized spacial score (nSPS) is 12.3. The number of rotatable bonds is 4. The Balaban J connectivity index is 1.48. The van der Waals surface area contributed by atoms with Gasteiger partial charge in [0.05, 0.1) is 6.61 Å². The summed E-state index contributed by atoms with van der Waals surface area (Å²) in [5.74, 6) is 0.0388. The Bertz CT molecular complexity index is 906. The summed E-state index contributed by atoms with van der Waals surface area (Å²) in [5, 5.41) is 11.9. The molecule has 0 aliphatic heterocycles. The first-order valence-corrected chi connectivity index (χ1v) is 8.58. The van der Waals surface area contributed by atoms with E-state index in [9.17, 15) is 9.90 Å². The predicted molar refractivity (Wildman–Crippen MR) is 101 cm³/mol. The van der Waals surface area contributed by atoms with Crippen molar-refractivity contribution in [3.8, 4) is 11.1 Å². The first-order chi connectivity index (χ1) is 12.8. The fourth-order valence-electron chi connectivity index (χ4n) is 3.50. The van der Waals surface area contributed by atoms with Gasteiger partial charge >= 0.3 is 6.09 Å². The molecule has 0 aromatic heterocycles. The molecular weight excluding hydrogens is 326 g/mol. The van der Waals surface area contributed by atoms with Gasteiger partial charge in [0.1, 0.15) is 6.61 Å². The number of benzene rings is 3. The highest BCUT2D eigenvalue weighted by molar-refractivity contribution is 5.85. The van der Waals surface area contributed by atoms with Gasteiger partial charge in [0.25, 0.3) is 0 Å². The number of aliphatic hydroxyl groups is 1. The Morgan fingerprint density at radius 1 is 0.923 bits per heavy atom. The molecule has 4 heteroatoms. The van der Waals surface area contributed by atoms with Crippen molar-refractivity contribution in [2.75, 3.05) is 11.9 Å². The molecule has 1 aliphatic rings. The number of fused-ring (bicyclic) bond motifs is 3. The van der Waals surface area contributed by atoms with Crippen LogP contribution in [0.15, 0.2) is 72.8 Å². The van der Waals surface area contributed by atoms with Crippen molar-refractivity contribution in [3.63, 3.8) is 0 Å². The maximum absolute atomic E-state index is 12.2. The van der Waals surface area contributed by atoms with Gasteiger partial charge in [-0.25, -0.2) is 4.79 Å². The number of nitrogens with one attached hydrogen (secondary N) is 1. The molecule has 0 unspecified atom stereocenters. The first-order valence-electron chi connectivity index (χ1n) is 8.58. The minimum absolute atomic E-state index is 0.0388. The van der Waals surface area contributed by atoms with Gasteiger partial charge in [-0.2, -0.15) is 0 Å². The van der Waals surface area contributed by atoms with E-state index in [-0.39, 0.29) is 19.1 Å². The zero-order valence-corrected chi connectivity index (χ0v) is 14.2. The van der Waals surface area contributed by atoms with E-state index < -0.39 is 6.09 Å². The molecule has 0 spiro atoms. The van der Waals surface area contributed by atoms with Crippen molar-refractivity contribution in [1.29, 1.82) is 0 Å². The summed E-state index contributed by atoms with van der Waals surface area (Å²) in [6.07, 6.45) is -0.498. The van der Waals surface area contributed by atoms with E-state index >= 15 is 0 Å². The average Bonchev–Trinajstić information content (AvgIpc) is 3.00. The van der Waals surface area contributed by atoms with Crippen molar-refractivity contribution in [2.45, 2.75) is 12.5 Å². The van der Waals surface area contributed by atoms with E-state index in [0.717, 1.165) is 5.56 Å². The second-order valence-electron chi connectivity index (χ2n) is 6.31. The lowest BCUT2D eigenvalue weighted by molar-refractivity contribution is 0.158. The third kappa shape index (κ3) is 3.07. The lowest BCUT2D eigenvalue weighted by Gasteiger charge is -2.14. The second kappa shape index (κ2) is 7.02. The number of aliphatic hydroxyl groups excluding tert-OH is 1. The summed E-state index contributed by atoms with van der Waals surface area (Å²) in [6.45, 7) is 0.208. The highest BCUT2D eigenvalue weighted by Crippen LogP contribution is 2.44. The Kier molecular flexibility index (Phi) is 4.42. The molecule has 0 atom stereocenters. The number of amides is 1. The molecular formula is C22H19NO3. The van der Waals surface area contributed by atoms with Crippen LogP contribution in [-0.4, -0.2) is 17.8 Å². The summed E-state index contributed by atoms with van der Waals surface area (Å²) in [6, 6.07) is 23.5. The second-order valence-corrected chi connectivity index (χ2v) is 6.31. The van der Waals surface area contributed by atoms with E-state index in [4.69, 9.17) is 4.74 Å². The number of hydrogen-bond donors (Lipinski definition) is 2. The van der Waals surface area contributed by atoms with Gasteiger partial charge in [-0.3, -0.25) is 5.32 Å². The SMILES string of the molecule is O=C(Nc1cccc(CO)c1)OCC1c2ccccc2-c2ccccc21. The van der Waals surface area contributed by atoms with Gasteiger partial charge in [-0.05, 0) is 39.9 Å². The Hall–Kier alpha value is -3.11. The highest BCUT2D eigenvalue weighted by Gasteiger charge is 2.28. The molecule has 4 nitrogen and oxygen atoms in total. The summed E-state index contributed by atoms with van der Waals surface area (Å²) < 4.78 is 5.50. The van der Waals surface area contributed by atoms with Crippen LogP contribution in [0.1, 0.15) is 22.6 Å². The number of anilines is 1. The van der Waals surface area contributed by atoms with Crippen molar-refractivity contribution >= 4 is 11.8 Å². The zero-order valence-electron chi connectivity index (χ0n) is 14.2. The van der Waals surface area contributed by atoms with Gasteiger partial charge in [0, 0.05) is 11.6 Å². The van der Waals surface area contributed by atoms with Crippen LogP contribution in [0.3, 0.4) is 0 Å². The van der Waals surface area contributed by atoms with Gasteiger partial charge in [-0.15, -0.1) is 0 Å². The molecule has 3 aromatic carbocycles. The Labute approximate surface area is 152 Å². The van der Waals surface area contributed by atoms with Crippen molar-refractivity contribution in [1.82, 2.24) is 0 Å². The molecule has 3 aromatic rings. The standard InChI is InChI=1S/C22H19NO3/c24-13-15-6-5-7-16(12-15)23-22(25)26-14-21-19-10-3-1-8-17(19)18-9-2-4-11-20(18)21/h1-12,21,24H,13-14H2,(H,23,25). The number of carbonyl (C=O) groups excluding carboxylic acids is 1. The fourth-order valence-corrected chi connectivity index (χ4v) is 3.50. The van der Waals surface area contributed by atoms with Gasteiger partial charge in [-0.1, -0.05) is 60.7 Å². The van der Waals surface area contributed by atoms with E-state index in [2.05, 4.69) is 29.6 Å². The first kappa shape index (κ1) is 16.4. The largest absolute Gasteiger partial charge is 0.448 e. The topological polar surface area (TPSA) is 58.6 Å². The molecule has 130 valence electrons. The molecule has 0 bridgehead atoms. The smallest absolute Gasteiger partial charge is 0.411 e. The van der Waals surface area contributed by atoms with Crippen LogP contribution >= 0.6 is 0 Å². The van der Waals surface area contributed by atoms with Gasteiger partial charge < -0.3 is 9.84 Å². The van der Waals surface area contributed by atoms with E-state index in [1.165, 1.54) is 22.3 Å².